The Morgan fingerprint density at radius 1 is 1.03 bits per heavy atom. The molecule has 0 spiro atoms. The second-order valence-electron chi connectivity index (χ2n) is 8.78. The van der Waals surface area contributed by atoms with E-state index in [2.05, 4.69) is 66.2 Å². The van der Waals surface area contributed by atoms with Crippen LogP contribution in [0, 0.1) is 0 Å². The average Bonchev–Trinajstić information content (AvgIpc) is 2.81. The number of carbonyl (C=O) groups excluding carboxylic acids is 1. The van der Waals surface area contributed by atoms with Crippen molar-refractivity contribution in [1.82, 2.24) is 0 Å². The number of hydrogen-bond donors (Lipinski definition) is 0. The van der Waals surface area contributed by atoms with Gasteiger partial charge in [0, 0.05) is 10.5 Å². The third-order valence-electron chi connectivity index (χ3n) is 6.17. The largest absolute Gasteiger partial charge is 0.444 e. The SMILES string of the molecule is CC(C)c1cc(Br)cc2c1N(C(=O)OCc1ccccc1)C(CCc1ccccc1)CC2. The summed E-state index contributed by atoms with van der Waals surface area (Å²) in [5.41, 5.74) is 5.76. The lowest BCUT2D eigenvalue weighted by molar-refractivity contribution is 0.143. The van der Waals surface area contributed by atoms with Gasteiger partial charge >= 0.3 is 6.09 Å². The molecule has 166 valence electrons. The van der Waals surface area contributed by atoms with E-state index < -0.39 is 0 Å². The highest BCUT2D eigenvalue weighted by Crippen LogP contribution is 2.41. The van der Waals surface area contributed by atoms with Crippen LogP contribution in [0.1, 0.15) is 54.9 Å². The first-order chi connectivity index (χ1) is 15.5. The molecule has 0 saturated carbocycles. The van der Waals surface area contributed by atoms with E-state index in [4.69, 9.17) is 4.74 Å². The van der Waals surface area contributed by atoms with Crippen molar-refractivity contribution < 1.29 is 9.53 Å². The first-order valence-electron chi connectivity index (χ1n) is 11.4. The van der Waals surface area contributed by atoms with Crippen LogP contribution in [0.15, 0.2) is 77.3 Å². The van der Waals surface area contributed by atoms with Crippen LogP contribution < -0.4 is 4.90 Å². The minimum atomic E-state index is -0.253. The molecule has 0 saturated heterocycles. The second kappa shape index (κ2) is 10.4. The number of anilines is 1. The van der Waals surface area contributed by atoms with Crippen molar-refractivity contribution in [2.45, 2.75) is 58.1 Å². The number of ether oxygens (including phenoxy) is 1. The molecular formula is C28H30BrNO2. The quantitative estimate of drug-likeness (QED) is 0.354. The third-order valence-corrected chi connectivity index (χ3v) is 6.63. The molecule has 0 bridgehead atoms. The van der Waals surface area contributed by atoms with E-state index in [-0.39, 0.29) is 18.7 Å². The van der Waals surface area contributed by atoms with Crippen molar-refractivity contribution in [3.63, 3.8) is 0 Å². The maximum Gasteiger partial charge on any atom is 0.414 e. The van der Waals surface area contributed by atoms with Gasteiger partial charge in [0.05, 0.1) is 5.69 Å². The van der Waals surface area contributed by atoms with Crippen LogP contribution >= 0.6 is 15.9 Å². The molecular weight excluding hydrogens is 462 g/mol. The summed E-state index contributed by atoms with van der Waals surface area (Å²) in [5.74, 6) is 0.304. The monoisotopic (exact) mass is 491 g/mol. The zero-order valence-corrected chi connectivity index (χ0v) is 20.3. The van der Waals surface area contributed by atoms with E-state index in [1.54, 1.807) is 0 Å². The first kappa shape index (κ1) is 22.6. The zero-order valence-electron chi connectivity index (χ0n) is 18.8. The van der Waals surface area contributed by atoms with E-state index in [0.29, 0.717) is 5.92 Å². The van der Waals surface area contributed by atoms with Crippen molar-refractivity contribution in [2.24, 2.45) is 0 Å². The standard InChI is InChI=1S/C28H30BrNO2/c1-20(2)26-18-24(29)17-23-14-16-25(15-13-21-9-5-3-6-10-21)30(27(23)26)28(31)32-19-22-11-7-4-8-12-22/h3-12,17-18,20,25H,13-16,19H2,1-2H3. The Morgan fingerprint density at radius 3 is 2.34 bits per heavy atom. The van der Waals surface area contributed by atoms with Crippen molar-refractivity contribution in [3.05, 3.63) is 99.5 Å². The number of nitrogens with zero attached hydrogens (tertiary/aromatic N) is 1. The van der Waals surface area contributed by atoms with Crippen molar-refractivity contribution in [3.8, 4) is 0 Å². The molecule has 1 aliphatic heterocycles. The number of carbonyl (C=O) groups is 1. The van der Waals surface area contributed by atoms with Gasteiger partial charge in [-0.15, -0.1) is 0 Å². The molecule has 4 rings (SSSR count). The Balaban J connectivity index is 1.63. The van der Waals surface area contributed by atoms with Gasteiger partial charge in [-0.3, -0.25) is 4.90 Å². The Bertz CT molecular complexity index is 1050. The first-order valence-corrected chi connectivity index (χ1v) is 12.2. The fraction of sp³-hybridized carbons (Fsp3) is 0.321. The number of aryl methyl sites for hydroxylation is 2. The zero-order chi connectivity index (χ0) is 22.5. The molecule has 0 N–H and O–H groups in total. The molecule has 32 heavy (non-hydrogen) atoms. The van der Waals surface area contributed by atoms with Gasteiger partial charge in [-0.25, -0.2) is 4.79 Å². The normalized spacial score (nSPS) is 15.5. The summed E-state index contributed by atoms with van der Waals surface area (Å²) in [7, 11) is 0. The molecule has 3 aromatic rings. The highest BCUT2D eigenvalue weighted by Gasteiger charge is 2.34. The number of halogens is 1. The van der Waals surface area contributed by atoms with Crippen LogP contribution in [0.5, 0.6) is 0 Å². The molecule has 1 aliphatic rings. The fourth-order valence-electron chi connectivity index (χ4n) is 4.52. The maximum absolute atomic E-state index is 13.5. The highest BCUT2D eigenvalue weighted by molar-refractivity contribution is 9.10. The maximum atomic E-state index is 13.5. The van der Waals surface area contributed by atoms with Crippen LogP contribution in [-0.4, -0.2) is 12.1 Å². The van der Waals surface area contributed by atoms with Crippen molar-refractivity contribution in [1.29, 1.82) is 0 Å². The fourth-order valence-corrected chi connectivity index (χ4v) is 5.04. The minimum Gasteiger partial charge on any atom is -0.444 e. The van der Waals surface area contributed by atoms with Gasteiger partial charge in [0.2, 0.25) is 0 Å². The molecule has 3 nitrogen and oxygen atoms in total. The molecule has 0 radical (unpaired) electrons. The highest BCUT2D eigenvalue weighted by atomic mass is 79.9. The Labute approximate surface area is 199 Å². The number of fused-ring (bicyclic) bond motifs is 1. The molecule has 0 aliphatic carbocycles. The number of benzene rings is 3. The van der Waals surface area contributed by atoms with Crippen LogP contribution in [0.2, 0.25) is 0 Å². The third kappa shape index (κ3) is 5.24. The van der Waals surface area contributed by atoms with Gasteiger partial charge in [0.1, 0.15) is 6.61 Å². The summed E-state index contributed by atoms with van der Waals surface area (Å²) in [6.07, 6.45) is 3.51. The van der Waals surface area contributed by atoms with E-state index in [9.17, 15) is 4.79 Å². The Morgan fingerprint density at radius 2 is 1.69 bits per heavy atom. The van der Waals surface area contributed by atoms with E-state index in [1.165, 1.54) is 16.7 Å². The molecule has 3 aromatic carbocycles. The number of hydrogen-bond acceptors (Lipinski definition) is 2. The minimum absolute atomic E-state index is 0.115. The van der Waals surface area contributed by atoms with Gasteiger partial charge in [0.25, 0.3) is 0 Å². The average molecular weight is 492 g/mol. The summed E-state index contributed by atoms with van der Waals surface area (Å²) in [4.78, 5) is 15.5. The predicted molar refractivity (Wildman–Crippen MR) is 134 cm³/mol. The molecule has 1 atom stereocenters. The van der Waals surface area contributed by atoms with E-state index >= 15 is 0 Å². The number of rotatable bonds is 6. The van der Waals surface area contributed by atoms with Gasteiger partial charge in [-0.05, 0) is 66.0 Å². The topological polar surface area (TPSA) is 29.5 Å². The molecule has 4 heteroatoms. The Hall–Kier alpha value is -2.59. The summed E-state index contributed by atoms with van der Waals surface area (Å²) < 4.78 is 6.92. The van der Waals surface area contributed by atoms with Crippen LogP contribution in [0.25, 0.3) is 0 Å². The summed E-state index contributed by atoms with van der Waals surface area (Å²) in [5, 5.41) is 0. The van der Waals surface area contributed by atoms with Crippen LogP contribution in [-0.2, 0) is 24.2 Å². The lowest BCUT2D eigenvalue weighted by atomic mass is 9.87. The lowest BCUT2D eigenvalue weighted by Crippen LogP contribution is -2.45. The molecule has 0 aromatic heterocycles. The van der Waals surface area contributed by atoms with Crippen LogP contribution in [0.4, 0.5) is 10.5 Å². The smallest absolute Gasteiger partial charge is 0.414 e. The van der Waals surface area contributed by atoms with Crippen molar-refractivity contribution >= 4 is 27.7 Å². The van der Waals surface area contributed by atoms with Crippen LogP contribution in [0.3, 0.4) is 0 Å². The lowest BCUT2D eigenvalue weighted by Gasteiger charge is -2.39. The van der Waals surface area contributed by atoms with Gasteiger partial charge in [-0.1, -0.05) is 90.4 Å². The van der Waals surface area contributed by atoms with E-state index in [1.807, 2.05) is 41.3 Å². The predicted octanol–water partition coefficient (Wildman–Crippen LogP) is 7.66. The second-order valence-corrected chi connectivity index (χ2v) is 9.70. The summed E-state index contributed by atoms with van der Waals surface area (Å²) in [6.45, 7) is 4.65. The molecule has 1 unspecified atom stereocenters. The Kier molecular flexibility index (Phi) is 7.31. The summed E-state index contributed by atoms with van der Waals surface area (Å²) in [6, 6.07) is 24.8. The summed E-state index contributed by atoms with van der Waals surface area (Å²) >= 11 is 3.67. The van der Waals surface area contributed by atoms with E-state index in [0.717, 1.165) is 41.4 Å². The number of amides is 1. The van der Waals surface area contributed by atoms with Gasteiger partial charge in [-0.2, -0.15) is 0 Å². The van der Waals surface area contributed by atoms with Gasteiger partial charge < -0.3 is 4.74 Å². The van der Waals surface area contributed by atoms with Gasteiger partial charge in [0.15, 0.2) is 0 Å². The molecule has 0 fully saturated rings. The van der Waals surface area contributed by atoms with Crippen molar-refractivity contribution in [2.75, 3.05) is 4.90 Å². The molecule has 1 amide bonds. The molecule has 1 heterocycles.